The fourth-order valence-electron chi connectivity index (χ4n) is 1.96. The quantitative estimate of drug-likeness (QED) is 0.720. The Bertz CT molecular complexity index is 633. The fourth-order valence-corrected chi connectivity index (χ4v) is 2.79. The van der Waals surface area contributed by atoms with Crippen molar-refractivity contribution in [1.82, 2.24) is 0 Å². The molecule has 20 heavy (non-hydrogen) atoms. The Labute approximate surface area is 131 Å². The van der Waals surface area contributed by atoms with E-state index in [1.165, 1.54) is 0 Å². The Kier molecular flexibility index (Phi) is 4.84. The molecule has 104 valence electrons. The zero-order valence-corrected chi connectivity index (χ0v) is 13.6. The van der Waals surface area contributed by atoms with Gasteiger partial charge in [0.05, 0.1) is 6.61 Å². The van der Waals surface area contributed by atoms with E-state index in [-0.39, 0.29) is 5.78 Å². The highest BCUT2D eigenvalue weighted by atomic mass is 79.9. The van der Waals surface area contributed by atoms with E-state index in [1.807, 2.05) is 26.0 Å². The van der Waals surface area contributed by atoms with Crippen molar-refractivity contribution in [2.45, 2.75) is 13.8 Å². The van der Waals surface area contributed by atoms with E-state index in [0.29, 0.717) is 27.2 Å². The molecule has 2 aromatic carbocycles. The second-order valence-electron chi connectivity index (χ2n) is 4.42. The minimum atomic E-state index is -0.0643. The number of hydrogen-bond donors (Lipinski definition) is 0. The summed E-state index contributed by atoms with van der Waals surface area (Å²) in [5.41, 5.74) is 2.14. The second kappa shape index (κ2) is 6.42. The number of ketones is 1. The van der Waals surface area contributed by atoms with Crippen LogP contribution in [0.5, 0.6) is 5.75 Å². The van der Waals surface area contributed by atoms with Crippen LogP contribution in [-0.4, -0.2) is 12.4 Å². The van der Waals surface area contributed by atoms with Gasteiger partial charge in [-0.05, 0) is 71.7 Å². The Morgan fingerprint density at radius 1 is 1.25 bits per heavy atom. The van der Waals surface area contributed by atoms with Gasteiger partial charge in [-0.3, -0.25) is 4.79 Å². The first-order chi connectivity index (χ1) is 9.51. The third kappa shape index (κ3) is 3.41. The van der Waals surface area contributed by atoms with Gasteiger partial charge in [0, 0.05) is 20.6 Å². The summed E-state index contributed by atoms with van der Waals surface area (Å²) in [4.78, 5) is 12.5. The van der Waals surface area contributed by atoms with E-state index in [4.69, 9.17) is 16.3 Å². The third-order valence-corrected chi connectivity index (χ3v) is 3.67. The second-order valence-corrected chi connectivity index (χ2v) is 5.71. The van der Waals surface area contributed by atoms with Crippen molar-refractivity contribution in [2.24, 2.45) is 0 Å². The smallest absolute Gasteiger partial charge is 0.194 e. The number of rotatable bonds is 4. The molecular formula is C16H14BrClO2. The summed E-state index contributed by atoms with van der Waals surface area (Å²) < 4.78 is 6.12. The Morgan fingerprint density at radius 3 is 2.60 bits per heavy atom. The maximum atomic E-state index is 12.5. The molecule has 2 aromatic rings. The number of benzene rings is 2. The molecule has 0 amide bonds. The van der Waals surface area contributed by atoms with Crippen LogP contribution < -0.4 is 4.74 Å². The number of halogens is 2. The van der Waals surface area contributed by atoms with Crippen molar-refractivity contribution in [2.75, 3.05) is 6.61 Å². The highest BCUT2D eigenvalue weighted by molar-refractivity contribution is 9.10. The molecule has 0 aliphatic carbocycles. The summed E-state index contributed by atoms with van der Waals surface area (Å²) in [6.07, 6.45) is 0. The van der Waals surface area contributed by atoms with Crippen molar-refractivity contribution in [1.29, 1.82) is 0 Å². The van der Waals surface area contributed by atoms with E-state index < -0.39 is 0 Å². The summed E-state index contributed by atoms with van der Waals surface area (Å²) in [5, 5.41) is 0.565. The molecule has 0 saturated carbocycles. The molecule has 4 heteroatoms. The van der Waals surface area contributed by atoms with E-state index in [2.05, 4.69) is 15.9 Å². The predicted molar refractivity (Wildman–Crippen MR) is 84.9 cm³/mol. The topological polar surface area (TPSA) is 26.3 Å². The largest absolute Gasteiger partial charge is 0.494 e. The van der Waals surface area contributed by atoms with Crippen molar-refractivity contribution in [3.05, 3.63) is 62.6 Å². The summed E-state index contributed by atoms with van der Waals surface area (Å²) in [6.45, 7) is 4.42. The van der Waals surface area contributed by atoms with Gasteiger partial charge < -0.3 is 4.74 Å². The van der Waals surface area contributed by atoms with Gasteiger partial charge in [0.15, 0.2) is 5.78 Å². The standard InChI is InChI=1S/C16H14BrClO2/c1-3-20-13-4-5-14(15(17)9-13)16(19)11-6-10(2)7-12(18)8-11/h4-9H,3H2,1-2H3. The lowest BCUT2D eigenvalue weighted by molar-refractivity contribution is 0.103. The average molecular weight is 354 g/mol. The van der Waals surface area contributed by atoms with Crippen molar-refractivity contribution < 1.29 is 9.53 Å². The van der Waals surface area contributed by atoms with Crippen LogP contribution in [0.3, 0.4) is 0 Å². The van der Waals surface area contributed by atoms with E-state index in [0.717, 1.165) is 11.3 Å². The van der Waals surface area contributed by atoms with Crippen LogP contribution in [0.2, 0.25) is 5.02 Å². The molecule has 0 saturated heterocycles. The molecule has 0 fully saturated rings. The first kappa shape index (κ1) is 15.1. The number of carbonyl (C=O) groups excluding carboxylic acids is 1. The normalized spacial score (nSPS) is 10.4. The lowest BCUT2D eigenvalue weighted by atomic mass is 10.0. The molecule has 0 radical (unpaired) electrons. The summed E-state index contributed by atoms with van der Waals surface area (Å²) >= 11 is 9.42. The Morgan fingerprint density at radius 2 is 2.00 bits per heavy atom. The molecule has 0 N–H and O–H groups in total. The molecule has 0 heterocycles. The van der Waals surface area contributed by atoms with Crippen molar-refractivity contribution in [3.63, 3.8) is 0 Å². The van der Waals surface area contributed by atoms with Gasteiger partial charge in [0.1, 0.15) is 5.75 Å². The minimum absolute atomic E-state index is 0.0643. The molecule has 0 aromatic heterocycles. The monoisotopic (exact) mass is 352 g/mol. The summed E-state index contributed by atoms with van der Waals surface area (Å²) in [7, 11) is 0. The van der Waals surface area contributed by atoms with Crippen LogP contribution in [-0.2, 0) is 0 Å². The number of hydrogen-bond acceptors (Lipinski definition) is 2. The molecular weight excluding hydrogens is 340 g/mol. The van der Waals surface area contributed by atoms with Gasteiger partial charge in [0.25, 0.3) is 0 Å². The van der Waals surface area contributed by atoms with Crippen molar-refractivity contribution in [3.8, 4) is 5.75 Å². The zero-order valence-electron chi connectivity index (χ0n) is 11.2. The maximum Gasteiger partial charge on any atom is 0.194 e. The van der Waals surface area contributed by atoms with Crippen LogP contribution in [0.25, 0.3) is 0 Å². The first-order valence-corrected chi connectivity index (χ1v) is 7.42. The SMILES string of the molecule is CCOc1ccc(C(=O)c2cc(C)cc(Cl)c2)c(Br)c1. The Hall–Kier alpha value is -1.32. The van der Waals surface area contributed by atoms with Gasteiger partial charge in [-0.1, -0.05) is 11.6 Å². The zero-order chi connectivity index (χ0) is 14.7. The van der Waals surface area contributed by atoms with E-state index in [1.54, 1.807) is 24.3 Å². The van der Waals surface area contributed by atoms with Crippen LogP contribution in [0.4, 0.5) is 0 Å². The van der Waals surface area contributed by atoms with Gasteiger partial charge in [-0.2, -0.15) is 0 Å². The molecule has 0 aliphatic rings. The van der Waals surface area contributed by atoms with Gasteiger partial charge in [-0.25, -0.2) is 0 Å². The highest BCUT2D eigenvalue weighted by Crippen LogP contribution is 2.26. The van der Waals surface area contributed by atoms with Crippen LogP contribution in [0, 0.1) is 6.92 Å². The number of ether oxygens (including phenoxy) is 1. The molecule has 2 nitrogen and oxygen atoms in total. The van der Waals surface area contributed by atoms with Crippen molar-refractivity contribution >= 4 is 33.3 Å². The Balaban J connectivity index is 2.38. The first-order valence-electron chi connectivity index (χ1n) is 6.25. The van der Waals surface area contributed by atoms with Crippen LogP contribution >= 0.6 is 27.5 Å². The van der Waals surface area contributed by atoms with Gasteiger partial charge >= 0.3 is 0 Å². The third-order valence-electron chi connectivity index (χ3n) is 2.80. The van der Waals surface area contributed by atoms with Gasteiger partial charge in [-0.15, -0.1) is 0 Å². The highest BCUT2D eigenvalue weighted by Gasteiger charge is 2.14. The summed E-state index contributed by atoms with van der Waals surface area (Å²) in [5.74, 6) is 0.670. The lowest BCUT2D eigenvalue weighted by Crippen LogP contribution is -2.03. The molecule has 0 bridgehead atoms. The average Bonchev–Trinajstić information content (AvgIpc) is 2.37. The maximum absolute atomic E-state index is 12.5. The van der Waals surface area contributed by atoms with E-state index >= 15 is 0 Å². The van der Waals surface area contributed by atoms with Gasteiger partial charge in [0.2, 0.25) is 0 Å². The van der Waals surface area contributed by atoms with E-state index in [9.17, 15) is 4.79 Å². The molecule has 2 rings (SSSR count). The van der Waals surface area contributed by atoms with Crippen LogP contribution in [0.1, 0.15) is 28.4 Å². The molecule has 0 aliphatic heterocycles. The predicted octanol–water partition coefficient (Wildman–Crippen LogP) is 5.04. The molecule has 0 spiro atoms. The lowest BCUT2D eigenvalue weighted by Gasteiger charge is -2.08. The molecule has 0 unspecified atom stereocenters. The molecule has 0 atom stereocenters. The summed E-state index contributed by atoms with van der Waals surface area (Å²) in [6, 6.07) is 10.7. The fraction of sp³-hybridized carbons (Fsp3) is 0.188. The number of carbonyl (C=O) groups is 1. The number of aryl methyl sites for hydroxylation is 1. The minimum Gasteiger partial charge on any atom is -0.494 e. The van der Waals surface area contributed by atoms with Crippen LogP contribution in [0.15, 0.2) is 40.9 Å².